The largest absolute Gasteiger partial charge is 0.461 e. The topological polar surface area (TPSA) is 110 Å². The molecule has 0 amide bonds. The molecule has 4 aliphatic rings. The second kappa shape index (κ2) is 8.02. The van der Waals surface area contributed by atoms with Crippen molar-refractivity contribution in [3.63, 3.8) is 0 Å². The van der Waals surface area contributed by atoms with Crippen molar-refractivity contribution in [1.82, 2.24) is 0 Å². The average molecular weight is 475 g/mol. The van der Waals surface area contributed by atoms with Gasteiger partial charge in [0, 0.05) is 12.3 Å². The molecule has 7 heteroatoms. The predicted molar refractivity (Wildman–Crippen MR) is 124 cm³/mol. The summed E-state index contributed by atoms with van der Waals surface area (Å²) in [5.74, 6) is -1.93. The third-order valence-electron chi connectivity index (χ3n) is 9.10. The van der Waals surface area contributed by atoms with Crippen LogP contribution < -0.4 is 0 Å². The second-order valence-electron chi connectivity index (χ2n) is 11.7. The number of hydrogen-bond donors (Lipinski definition) is 2. The highest BCUT2D eigenvalue weighted by Gasteiger charge is 2.76. The Balaban J connectivity index is 1.87. The van der Waals surface area contributed by atoms with Crippen LogP contribution in [0.3, 0.4) is 0 Å². The van der Waals surface area contributed by atoms with Crippen LogP contribution in [0.5, 0.6) is 0 Å². The first-order chi connectivity index (χ1) is 15.7. The van der Waals surface area contributed by atoms with Gasteiger partial charge in [0.15, 0.2) is 17.5 Å². The normalized spacial score (nSPS) is 42.0. The highest BCUT2D eigenvalue weighted by atomic mass is 16.6. The van der Waals surface area contributed by atoms with E-state index in [0.29, 0.717) is 5.57 Å². The summed E-state index contributed by atoms with van der Waals surface area (Å²) >= 11 is 0. The van der Waals surface area contributed by atoms with Gasteiger partial charge in [-0.2, -0.15) is 0 Å². The number of carbonyl (C=O) groups is 3. The molecule has 0 aliphatic heterocycles. The summed E-state index contributed by atoms with van der Waals surface area (Å²) in [5.41, 5.74) is -2.72. The van der Waals surface area contributed by atoms with Crippen LogP contribution in [-0.4, -0.2) is 52.4 Å². The van der Waals surface area contributed by atoms with Gasteiger partial charge in [0.25, 0.3) is 0 Å². The summed E-state index contributed by atoms with van der Waals surface area (Å²) < 4.78 is 11.1. The van der Waals surface area contributed by atoms with Crippen molar-refractivity contribution in [2.24, 2.45) is 40.4 Å². The lowest BCUT2D eigenvalue weighted by molar-refractivity contribution is -0.203. The zero-order chi connectivity index (χ0) is 25.4. The van der Waals surface area contributed by atoms with E-state index in [1.807, 2.05) is 6.92 Å². The van der Waals surface area contributed by atoms with Gasteiger partial charge in [-0.3, -0.25) is 14.4 Å². The van der Waals surface area contributed by atoms with E-state index in [1.165, 1.54) is 0 Å². The molecule has 8 atom stereocenters. The first kappa shape index (κ1) is 25.1. The lowest BCUT2D eigenvalue weighted by atomic mass is 9.59. The summed E-state index contributed by atoms with van der Waals surface area (Å²) in [6.45, 7) is 12.8. The van der Waals surface area contributed by atoms with Crippen LogP contribution >= 0.6 is 0 Å². The fourth-order valence-corrected chi connectivity index (χ4v) is 7.12. The minimum atomic E-state index is -2.09. The number of aliphatic hydroxyl groups excluding tert-OH is 1. The highest BCUT2D eigenvalue weighted by molar-refractivity contribution is 5.95. The Morgan fingerprint density at radius 3 is 2.50 bits per heavy atom. The lowest BCUT2D eigenvalue weighted by Gasteiger charge is -2.48. The number of Topliss-reactive ketones (excluding diaryl/α,β-unsaturated/α-hetero) is 1. The fraction of sp³-hybridized carbons (Fsp3) is 0.741. The maximum Gasteiger partial charge on any atom is 0.308 e. The van der Waals surface area contributed by atoms with Crippen molar-refractivity contribution in [3.8, 4) is 0 Å². The molecular formula is C27H38O7. The number of ketones is 1. The summed E-state index contributed by atoms with van der Waals surface area (Å²) in [6.07, 6.45) is 1.57. The average Bonchev–Trinajstić information content (AvgIpc) is 3.26. The van der Waals surface area contributed by atoms with E-state index >= 15 is 0 Å². The molecule has 2 saturated carbocycles. The van der Waals surface area contributed by atoms with Gasteiger partial charge in [-0.15, -0.1) is 0 Å². The van der Waals surface area contributed by atoms with E-state index < -0.39 is 41.1 Å². The molecule has 0 heterocycles. The van der Waals surface area contributed by atoms with Gasteiger partial charge in [0.1, 0.15) is 12.7 Å². The summed E-state index contributed by atoms with van der Waals surface area (Å²) in [5, 5.41) is 24.1. The maximum atomic E-state index is 14.4. The fourth-order valence-electron chi connectivity index (χ4n) is 7.12. The Labute approximate surface area is 201 Å². The Hall–Kier alpha value is -1.99. The van der Waals surface area contributed by atoms with Crippen LogP contribution in [0.15, 0.2) is 23.3 Å². The van der Waals surface area contributed by atoms with Crippen LogP contribution in [-0.2, 0) is 23.9 Å². The lowest BCUT2D eigenvalue weighted by Crippen LogP contribution is -2.65. The third kappa shape index (κ3) is 3.19. The minimum Gasteiger partial charge on any atom is -0.461 e. The summed E-state index contributed by atoms with van der Waals surface area (Å²) in [7, 11) is 0. The monoisotopic (exact) mass is 474 g/mol. The third-order valence-corrected chi connectivity index (χ3v) is 9.10. The minimum absolute atomic E-state index is 0.0503. The zero-order valence-electron chi connectivity index (χ0n) is 21.3. The maximum absolute atomic E-state index is 14.4. The van der Waals surface area contributed by atoms with Crippen LogP contribution in [0, 0.1) is 40.4 Å². The number of fused-ring (bicyclic) bond motifs is 3. The molecule has 0 aromatic rings. The smallest absolute Gasteiger partial charge is 0.308 e. The molecule has 4 aliphatic carbocycles. The van der Waals surface area contributed by atoms with E-state index in [0.717, 1.165) is 6.42 Å². The Kier molecular flexibility index (Phi) is 5.92. The first-order valence-corrected chi connectivity index (χ1v) is 12.5. The number of aliphatic hydroxyl groups is 2. The van der Waals surface area contributed by atoms with Gasteiger partial charge in [-0.1, -0.05) is 53.7 Å². The molecule has 1 spiro atoms. The van der Waals surface area contributed by atoms with Gasteiger partial charge in [0.05, 0.1) is 11.3 Å². The van der Waals surface area contributed by atoms with Crippen molar-refractivity contribution < 1.29 is 34.1 Å². The second-order valence-corrected chi connectivity index (χ2v) is 11.7. The molecule has 0 aromatic carbocycles. The van der Waals surface area contributed by atoms with Gasteiger partial charge in [-0.05, 0) is 47.7 Å². The predicted octanol–water partition coefficient (Wildman–Crippen LogP) is 2.98. The highest BCUT2D eigenvalue weighted by Crippen LogP contribution is 2.71. The number of esters is 2. The van der Waals surface area contributed by atoms with Crippen LogP contribution in [0.25, 0.3) is 0 Å². The summed E-state index contributed by atoms with van der Waals surface area (Å²) in [6, 6.07) is 0. The van der Waals surface area contributed by atoms with E-state index in [2.05, 4.69) is 13.8 Å². The Morgan fingerprint density at radius 2 is 1.91 bits per heavy atom. The van der Waals surface area contributed by atoms with E-state index in [1.54, 1.807) is 39.8 Å². The van der Waals surface area contributed by atoms with Crippen LogP contribution in [0.2, 0.25) is 0 Å². The van der Waals surface area contributed by atoms with Crippen molar-refractivity contribution in [1.29, 1.82) is 0 Å². The molecule has 7 nitrogen and oxygen atoms in total. The number of ether oxygens (including phenoxy) is 2. The van der Waals surface area contributed by atoms with E-state index in [-0.39, 0.29) is 53.5 Å². The molecular weight excluding hydrogens is 436 g/mol. The molecule has 2 fully saturated rings. The van der Waals surface area contributed by atoms with Crippen molar-refractivity contribution in [2.75, 3.05) is 6.61 Å². The van der Waals surface area contributed by atoms with E-state index in [9.17, 15) is 24.6 Å². The standard InChI is InChI=1S/C27H38O7/c1-8-19(28)34-23-14(4)11-26-15(5)9-18-20(25(18,6)7)17(22(26)30)10-16(21(29)27(23,26)32)12-33-24(31)13(2)3/h10-11,13,15,17-18,20-21,23,29,32H,8-9,12H2,1-7H3. The quantitative estimate of drug-likeness (QED) is 0.466. The summed E-state index contributed by atoms with van der Waals surface area (Å²) in [4.78, 5) is 38.9. The van der Waals surface area contributed by atoms with Gasteiger partial charge >= 0.3 is 11.9 Å². The molecule has 4 rings (SSSR count). The van der Waals surface area contributed by atoms with Gasteiger partial charge < -0.3 is 19.7 Å². The molecule has 2 bridgehead atoms. The first-order valence-electron chi connectivity index (χ1n) is 12.5. The van der Waals surface area contributed by atoms with Crippen molar-refractivity contribution in [3.05, 3.63) is 23.3 Å². The molecule has 0 saturated heterocycles. The van der Waals surface area contributed by atoms with Gasteiger partial charge in [0.2, 0.25) is 0 Å². The number of allylic oxidation sites excluding steroid dienone is 1. The number of rotatable bonds is 5. The van der Waals surface area contributed by atoms with Crippen LogP contribution in [0.1, 0.15) is 61.3 Å². The molecule has 2 N–H and O–H groups in total. The molecule has 0 aromatic heterocycles. The van der Waals surface area contributed by atoms with Crippen molar-refractivity contribution in [2.45, 2.75) is 79.1 Å². The Morgan fingerprint density at radius 1 is 1.26 bits per heavy atom. The molecule has 0 radical (unpaired) electrons. The molecule has 34 heavy (non-hydrogen) atoms. The number of carbonyl (C=O) groups excluding carboxylic acids is 3. The molecule has 8 unspecified atom stereocenters. The van der Waals surface area contributed by atoms with E-state index in [4.69, 9.17) is 9.47 Å². The van der Waals surface area contributed by atoms with Crippen molar-refractivity contribution >= 4 is 17.7 Å². The molecule has 188 valence electrons. The van der Waals surface area contributed by atoms with Crippen LogP contribution in [0.4, 0.5) is 0 Å². The Bertz CT molecular complexity index is 975. The number of hydrogen-bond acceptors (Lipinski definition) is 7. The van der Waals surface area contributed by atoms with Gasteiger partial charge in [-0.25, -0.2) is 0 Å². The zero-order valence-corrected chi connectivity index (χ0v) is 21.3. The SMILES string of the molecule is CCC(=O)OC1C(C)=CC23C(=O)C(C=C(COC(=O)C(C)C)C(O)C12O)C1C(CC3C)C1(C)C.